The molecule has 1 amide bonds. The van der Waals surface area contributed by atoms with Gasteiger partial charge in [-0.2, -0.15) is 0 Å². The first-order chi connectivity index (χ1) is 9.84. The molecule has 0 spiro atoms. The van der Waals surface area contributed by atoms with Crippen LogP contribution >= 0.6 is 15.9 Å². The fourth-order valence-electron chi connectivity index (χ4n) is 2.69. The Morgan fingerprint density at radius 3 is 2.67 bits per heavy atom. The largest absolute Gasteiger partial charge is 0.444 e. The van der Waals surface area contributed by atoms with Crippen LogP contribution in [0.25, 0.3) is 0 Å². The number of alkyl halides is 1. The van der Waals surface area contributed by atoms with E-state index < -0.39 is 5.60 Å². The van der Waals surface area contributed by atoms with Crippen LogP contribution in [0.4, 0.5) is 4.79 Å². The summed E-state index contributed by atoms with van der Waals surface area (Å²) in [4.78, 5) is 14.0. The molecular formula is C16H28BrNO3. The van der Waals surface area contributed by atoms with Gasteiger partial charge in [0.1, 0.15) is 5.60 Å². The Morgan fingerprint density at radius 1 is 1.38 bits per heavy atom. The van der Waals surface area contributed by atoms with Gasteiger partial charge in [0.15, 0.2) is 0 Å². The van der Waals surface area contributed by atoms with Gasteiger partial charge in [-0.1, -0.05) is 28.8 Å². The van der Waals surface area contributed by atoms with Crippen LogP contribution in [0.15, 0.2) is 0 Å². The number of rotatable bonds is 5. The second-order valence-corrected chi connectivity index (χ2v) is 7.96. The monoisotopic (exact) mass is 361 g/mol. The SMILES string of the molecule is CC(C)(C)OC(=O)N1CCCC(CBr)(OCCC2CC2)C1. The van der Waals surface area contributed by atoms with E-state index in [1.807, 2.05) is 20.8 Å². The van der Waals surface area contributed by atoms with Gasteiger partial charge in [-0.15, -0.1) is 0 Å². The summed E-state index contributed by atoms with van der Waals surface area (Å²) >= 11 is 3.59. The molecule has 1 atom stereocenters. The standard InChI is InChI=1S/C16H28BrNO3/c1-15(2,3)21-14(19)18-9-4-8-16(11-17,12-18)20-10-7-13-5-6-13/h13H,4-12H2,1-3H3. The molecule has 2 aliphatic rings. The maximum absolute atomic E-state index is 12.2. The lowest BCUT2D eigenvalue weighted by molar-refractivity contribution is -0.0774. The van der Waals surface area contributed by atoms with Crippen LogP contribution in [0, 0.1) is 5.92 Å². The number of hydrogen-bond donors (Lipinski definition) is 0. The van der Waals surface area contributed by atoms with Crippen molar-refractivity contribution in [2.24, 2.45) is 5.92 Å². The molecule has 0 aromatic heterocycles. The first-order valence-corrected chi connectivity index (χ1v) is 9.14. The minimum Gasteiger partial charge on any atom is -0.444 e. The first-order valence-electron chi connectivity index (χ1n) is 8.01. The minimum atomic E-state index is -0.446. The number of piperidine rings is 1. The lowest BCUT2D eigenvalue weighted by atomic mass is 9.95. The summed E-state index contributed by atoms with van der Waals surface area (Å²) in [5.74, 6) is 0.878. The molecule has 0 radical (unpaired) electrons. The van der Waals surface area contributed by atoms with E-state index >= 15 is 0 Å². The van der Waals surface area contributed by atoms with Crippen LogP contribution in [0.1, 0.15) is 52.9 Å². The average Bonchev–Trinajstić information content (AvgIpc) is 3.21. The van der Waals surface area contributed by atoms with Gasteiger partial charge < -0.3 is 14.4 Å². The molecule has 1 heterocycles. The molecule has 1 saturated heterocycles. The highest BCUT2D eigenvalue weighted by Gasteiger charge is 2.39. The number of carbonyl (C=O) groups excluding carboxylic acids is 1. The smallest absolute Gasteiger partial charge is 0.410 e. The molecule has 2 rings (SSSR count). The quantitative estimate of drug-likeness (QED) is 0.695. The van der Waals surface area contributed by atoms with E-state index in [1.165, 1.54) is 12.8 Å². The molecule has 1 unspecified atom stereocenters. The van der Waals surface area contributed by atoms with E-state index in [1.54, 1.807) is 4.90 Å². The van der Waals surface area contributed by atoms with E-state index in [0.717, 1.165) is 43.7 Å². The van der Waals surface area contributed by atoms with E-state index in [-0.39, 0.29) is 11.7 Å². The fourth-order valence-corrected chi connectivity index (χ4v) is 3.31. The van der Waals surface area contributed by atoms with Crippen LogP contribution in [0.2, 0.25) is 0 Å². The Balaban J connectivity index is 1.87. The fraction of sp³-hybridized carbons (Fsp3) is 0.938. The van der Waals surface area contributed by atoms with Gasteiger partial charge in [0.25, 0.3) is 0 Å². The molecule has 0 aromatic carbocycles. The molecule has 0 N–H and O–H groups in total. The second-order valence-electron chi connectivity index (χ2n) is 7.40. The van der Waals surface area contributed by atoms with Crippen molar-refractivity contribution in [1.29, 1.82) is 0 Å². The van der Waals surface area contributed by atoms with Crippen molar-refractivity contribution in [1.82, 2.24) is 4.90 Å². The van der Waals surface area contributed by atoms with Crippen LogP contribution in [-0.2, 0) is 9.47 Å². The van der Waals surface area contributed by atoms with Gasteiger partial charge >= 0.3 is 6.09 Å². The van der Waals surface area contributed by atoms with E-state index in [0.29, 0.717) is 6.54 Å². The number of carbonyl (C=O) groups is 1. The van der Waals surface area contributed by atoms with Crippen molar-refractivity contribution in [2.75, 3.05) is 25.0 Å². The van der Waals surface area contributed by atoms with E-state index in [2.05, 4.69) is 15.9 Å². The van der Waals surface area contributed by atoms with Crippen molar-refractivity contribution in [3.63, 3.8) is 0 Å². The molecule has 21 heavy (non-hydrogen) atoms. The topological polar surface area (TPSA) is 38.8 Å². The highest BCUT2D eigenvalue weighted by Crippen LogP contribution is 2.34. The lowest BCUT2D eigenvalue weighted by Gasteiger charge is -2.42. The summed E-state index contributed by atoms with van der Waals surface area (Å²) < 4.78 is 11.7. The Morgan fingerprint density at radius 2 is 2.10 bits per heavy atom. The van der Waals surface area contributed by atoms with E-state index in [4.69, 9.17) is 9.47 Å². The summed E-state index contributed by atoms with van der Waals surface area (Å²) in [5.41, 5.74) is -0.692. The van der Waals surface area contributed by atoms with Crippen LogP contribution < -0.4 is 0 Å². The molecule has 1 aliphatic heterocycles. The third-order valence-electron chi connectivity index (χ3n) is 4.07. The van der Waals surface area contributed by atoms with E-state index in [9.17, 15) is 4.79 Å². The predicted octanol–water partition coefficient (Wildman–Crippen LogP) is 3.97. The van der Waals surface area contributed by atoms with Gasteiger partial charge in [0.2, 0.25) is 0 Å². The maximum Gasteiger partial charge on any atom is 0.410 e. The highest BCUT2D eigenvalue weighted by molar-refractivity contribution is 9.09. The van der Waals surface area contributed by atoms with Crippen LogP contribution in [0.5, 0.6) is 0 Å². The Hall–Kier alpha value is -0.290. The van der Waals surface area contributed by atoms with Gasteiger partial charge in [0, 0.05) is 18.5 Å². The second kappa shape index (κ2) is 6.86. The molecule has 0 bridgehead atoms. The molecule has 2 fully saturated rings. The third-order valence-corrected chi connectivity index (χ3v) is 5.09. The third kappa shape index (κ3) is 5.44. The van der Waals surface area contributed by atoms with Gasteiger partial charge in [0.05, 0.1) is 12.1 Å². The molecule has 5 heteroatoms. The number of amides is 1. The van der Waals surface area contributed by atoms with Crippen molar-refractivity contribution in [2.45, 2.75) is 64.1 Å². The molecule has 1 aliphatic carbocycles. The molecule has 0 aromatic rings. The Bertz CT molecular complexity index is 365. The normalized spacial score (nSPS) is 26.8. The zero-order chi connectivity index (χ0) is 15.5. The minimum absolute atomic E-state index is 0.224. The van der Waals surface area contributed by atoms with Crippen molar-refractivity contribution < 1.29 is 14.3 Å². The first kappa shape index (κ1) is 17.1. The average molecular weight is 362 g/mol. The van der Waals surface area contributed by atoms with Gasteiger partial charge in [-0.05, 0) is 46.0 Å². The zero-order valence-corrected chi connectivity index (χ0v) is 15.1. The van der Waals surface area contributed by atoms with Crippen molar-refractivity contribution in [3.05, 3.63) is 0 Å². The number of halogens is 1. The molecule has 4 nitrogen and oxygen atoms in total. The lowest BCUT2D eigenvalue weighted by Crippen LogP contribution is -2.54. The van der Waals surface area contributed by atoms with Crippen molar-refractivity contribution in [3.8, 4) is 0 Å². The highest BCUT2D eigenvalue weighted by atomic mass is 79.9. The summed E-state index contributed by atoms with van der Waals surface area (Å²) in [6.07, 6.45) is 5.61. The van der Waals surface area contributed by atoms with Gasteiger partial charge in [-0.25, -0.2) is 4.79 Å². The molecule has 1 saturated carbocycles. The van der Waals surface area contributed by atoms with Crippen LogP contribution in [-0.4, -0.2) is 47.2 Å². The van der Waals surface area contributed by atoms with Crippen molar-refractivity contribution >= 4 is 22.0 Å². The summed E-state index contributed by atoms with van der Waals surface area (Å²) in [6.45, 7) is 7.89. The number of hydrogen-bond acceptors (Lipinski definition) is 3. The number of ether oxygens (including phenoxy) is 2. The molecular weight excluding hydrogens is 334 g/mol. The summed E-state index contributed by atoms with van der Waals surface area (Å²) in [7, 11) is 0. The zero-order valence-electron chi connectivity index (χ0n) is 13.5. The summed E-state index contributed by atoms with van der Waals surface area (Å²) in [6, 6.07) is 0. The Labute approximate surface area is 136 Å². The number of likely N-dealkylation sites (tertiary alicyclic amines) is 1. The van der Waals surface area contributed by atoms with Crippen LogP contribution in [0.3, 0.4) is 0 Å². The van der Waals surface area contributed by atoms with Gasteiger partial charge in [-0.3, -0.25) is 0 Å². The summed E-state index contributed by atoms with van der Waals surface area (Å²) in [5, 5.41) is 0.768. The predicted molar refractivity (Wildman–Crippen MR) is 86.9 cm³/mol. The number of nitrogens with zero attached hydrogens (tertiary/aromatic N) is 1. The Kier molecular flexibility index (Phi) is 5.58. The molecule has 122 valence electrons. The maximum atomic E-state index is 12.2.